The Kier molecular flexibility index (Phi) is 2.69. The molecule has 2 heterocycles. The Morgan fingerprint density at radius 1 is 1.71 bits per heavy atom. The fourth-order valence-electron chi connectivity index (χ4n) is 1.81. The van der Waals surface area contributed by atoms with Crippen molar-refractivity contribution in [1.82, 2.24) is 10.2 Å². The van der Waals surface area contributed by atoms with Gasteiger partial charge in [0, 0.05) is 18.1 Å². The quantitative estimate of drug-likeness (QED) is 0.642. The van der Waals surface area contributed by atoms with E-state index in [1.807, 2.05) is 0 Å². The number of rotatable bonds is 2. The summed E-state index contributed by atoms with van der Waals surface area (Å²) in [6.07, 6.45) is 2.99. The molecule has 5 nitrogen and oxygen atoms in total. The van der Waals surface area contributed by atoms with E-state index in [2.05, 4.69) is 10.2 Å². The average molecular weight is 197 g/mol. The molecule has 0 bridgehead atoms. The van der Waals surface area contributed by atoms with Gasteiger partial charge >= 0.3 is 0 Å². The third kappa shape index (κ3) is 1.73. The molecule has 0 spiro atoms. The van der Waals surface area contributed by atoms with Gasteiger partial charge < -0.3 is 15.6 Å². The third-order valence-corrected chi connectivity index (χ3v) is 2.66. The van der Waals surface area contributed by atoms with Crippen LogP contribution in [0.2, 0.25) is 0 Å². The number of hydrogen-bond acceptors (Lipinski definition) is 4. The summed E-state index contributed by atoms with van der Waals surface area (Å²) in [6.45, 7) is 1.40. The highest BCUT2D eigenvalue weighted by Gasteiger charge is 2.25. The van der Waals surface area contributed by atoms with E-state index in [1.54, 1.807) is 6.20 Å². The summed E-state index contributed by atoms with van der Waals surface area (Å²) in [4.78, 5) is 0. The van der Waals surface area contributed by atoms with Gasteiger partial charge in [0.1, 0.15) is 5.82 Å². The summed E-state index contributed by atoms with van der Waals surface area (Å²) in [5.41, 5.74) is 6.31. The van der Waals surface area contributed by atoms with Gasteiger partial charge in [0.25, 0.3) is 0 Å². The normalized spacial score (nSPS) is 24.8. The molecule has 78 valence electrons. The van der Waals surface area contributed by atoms with Crippen LogP contribution in [0.3, 0.4) is 0 Å². The number of aliphatic hydroxyl groups is 1. The molecule has 0 amide bonds. The van der Waals surface area contributed by atoms with E-state index < -0.39 is 6.10 Å². The first kappa shape index (κ1) is 9.48. The molecular formula is C9H15N3O2. The fraction of sp³-hybridized carbons (Fsp3) is 0.667. The second-order valence-electron chi connectivity index (χ2n) is 3.66. The van der Waals surface area contributed by atoms with Gasteiger partial charge in [-0.1, -0.05) is 0 Å². The first-order chi connectivity index (χ1) is 6.79. The van der Waals surface area contributed by atoms with Crippen LogP contribution in [0.4, 0.5) is 5.82 Å². The SMILES string of the molecule is Nc1[nH]ncc1C(O)C1CCCOC1. The molecule has 1 saturated heterocycles. The molecule has 0 saturated carbocycles. The summed E-state index contributed by atoms with van der Waals surface area (Å²) >= 11 is 0. The highest BCUT2D eigenvalue weighted by atomic mass is 16.5. The van der Waals surface area contributed by atoms with Gasteiger partial charge in [-0.3, -0.25) is 5.10 Å². The standard InChI is InChI=1S/C9H15N3O2/c10-9-7(4-11-12-9)8(13)6-2-1-3-14-5-6/h4,6,8,13H,1-3,5H2,(H3,10,11,12). The van der Waals surface area contributed by atoms with Crippen LogP contribution in [0, 0.1) is 5.92 Å². The minimum atomic E-state index is -0.561. The van der Waals surface area contributed by atoms with E-state index in [0.717, 1.165) is 19.4 Å². The van der Waals surface area contributed by atoms with Crippen molar-refractivity contribution in [2.45, 2.75) is 18.9 Å². The lowest BCUT2D eigenvalue weighted by Crippen LogP contribution is -2.23. The van der Waals surface area contributed by atoms with Crippen LogP contribution < -0.4 is 5.73 Å². The first-order valence-corrected chi connectivity index (χ1v) is 4.83. The smallest absolute Gasteiger partial charge is 0.124 e. The van der Waals surface area contributed by atoms with E-state index in [-0.39, 0.29) is 5.92 Å². The fourth-order valence-corrected chi connectivity index (χ4v) is 1.81. The number of nitrogens with zero attached hydrogens (tertiary/aromatic N) is 1. The van der Waals surface area contributed by atoms with Crippen LogP contribution in [-0.2, 0) is 4.74 Å². The number of anilines is 1. The third-order valence-electron chi connectivity index (χ3n) is 2.66. The number of hydrogen-bond donors (Lipinski definition) is 3. The molecule has 2 unspecified atom stereocenters. The average Bonchev–Trinajstić information content (AvgIpc) is 2.65. The molecule has 5 heteroatoms. The van der Waals surface area contributed by atoms with Gasteiger partial charge in [0.2, 0.25) is 0 Å². The number of aromatic nitrogens is 2. The van der Waals surface area contributed by atoms with Crippen LogP contribution in [0.1, 0.15) is 24.5 Å². The van der Waals surface area contributed by atoms with Crippen molar-refractivity contribution in [2.75, 3.05) is 18.9 Å². The highest BCUT2D eigenvalue weighted by Crippen LogP contribution is 2.30. The zero-order valence-corrected chi connectivity index (χ0v) is 7.94. The Bertz CT molecular complexity index is 294. The Labute approximate surface area is 82.3 Å². The lowest BCUT2D eigenvalue weighted by Gasteiger charge is -2.26. The molecule has 0 aliphatic carbocycles. The van der Waals surface area contributed by atoms with Crippen LogP contribution in [0.15, 0.2) is 6.20 Å². The Hall–Kier alpha value is -1.07. The lowest BCUT2D eigenvalue weighted by atomic mass is 9.92. The summed E-state index contributed by atoms with van der Waals surface area (Å²) < 4.78 is 5.31. The van der Waals surface area contributed by atoms with Crippen molar-refractivity contribution in [3.05, 3.63) is 11.8 Å². The number of nitrogens with one attached hydrogen (secondary N) is 1. The van der Waals surface area contributed by atoms with Gasteiger partial charge in [0.15, 0.2) is 0 Å². The number of nitrogens with two attached hydrogens (primary N) is 1. The maximum absolute atomic E-state index is 10.00. The largest absolute Gasteiger partial charge is 0.388 e. The molecule has 0 aromatic carbocycles. The van der Waals surface area contributed by atoms with Crippen molar-refractivity contribution in [2.24, 2.45) is 5.92 Å². The van der Waals surface area contributed by atoms with E-state index >= 15 is 0 Å². The topological polar surface area (TPSA) is 84.2 Å². The molecular weight excluding hydrogens is 182 g/mol. The van der Waals surface area contributed by atoms with Crippen molar-refractivity contribution in [3.63, 3.8) is 0 Å². The molecule has 1 aliphatic heterocycles. The van der Waals surface area contributed by atoms with Gasteiger partial charge in [-0.15, -0.1) is 0 Å². The Morgan fingerprint density at radius 2 is 2.57 bits per heavy atom. The number of aromatic amines is 1. The predicted molar refractivity (Wildman–Crippen MR) is 51.5 cm³/mol. The van der Waals surface area contributed by atoms with Gasteiger partial charge in [-0.2, -0.15) is 5.10 Å². The second kappa shape index (κ2) is 3.98. The monoisotopic (exact) mass is 197 g/mol. The minimum absolute atomic E-state index is 0.142. The summed E-state index contributed by atoms with van der Waals surface area (Å²) in [5.74, 6) is 0.590. The number of aliphatic hydroxyl groups excluding tert-OH is 1. The van der Waals surface area contributed by atoms with Crippen LogP contribution >= 0.6 is 0 Å². The molecule has 1 aliphatic rings. The molecule has 2 rings (SSSR count). The van der Waals surface area contributed by atoms with Crippen molar-refractivity contribution in [1.29, 1.82) is 0 Å². The second-order valence-corrected chi connectivity index (χ2v) is 3.66. The van der Waals surface area contributed by atoms with E-state index in [1.165, 1.54) is 0 Å². The maximum atomic E-state index is 10.00. The van der Waals surface area contributed by atoms with E-state index in [4.69, 9.17) is 10.5 Å². The predicted octanol–water partition coefficient (Wildman–Crippen LogP) is 0.452. The van der Waals surface area contributed by atoms with Gasteiger partial charge in [0.05, 0.1) is 18.9 Å². The van der Waals surface area contributed by atoms with Crippen LogP contribution in [0.5, 0.6) is 0 Å². The van der Waals surface area contributed by atoms with Crippen LogP contribution in [-0.4, -0.2) is 28.5 Å². The molecule has 0 radical (unpaired) electrons. The number of nitrogen functional groups attached to an aromatic ring is 1. The molecule has 1 aromatic heterocycles. The Balaban J connectivity index is 2.07. The van der Waals surface area contributed by atoms with Crippen LogP contribution in [0.25, 0.3) is 0 Å². The molecule has 1 aromatic rings. The minimum Gasteiger partial charge on any atom is -0.388 e. The molecule has 4 N–H and O–H groups in total. The molecule has 1 fully saturated rings. The summed E-state index contributed by atoms with van der Waals surface area (Å²) in [5, 5.41) is 16.4. The zero-order chi connectivity index (χ0) is 9.97. The Morgan fingerprint density at radius 3 is 3.14 bits per heavy atom. The van der Waals surface area contributed by atoms with Gasteiger partial charge in [-0.25, -0.2) is 0 Å². The number of H-pyrrole nitrogens is 1. The highest BCUT2D eigenvalue weighted by molar-refractivity contribution is 5.38. The van der Waals surface area contributed by atoms with E-state index in [0.29, 0.717) is 18.0 Å². The summed E-state index contributed by atoms with van der Waals surface area (Å²) in [7, 11) is 0. The summed E-state index contributed by atoms with van der Waals surface area (Å²) in [6, 6.07) is 0. The van der Waals surface area contributed by atoms with Crippen molar-refractivity contribution >= 4 is 5.82 Å². The van der Waals surface area contributed by atoms with Crippen molar-refractivity contribution < 1.29 is 9.84 Å². The lowest BCUT2D eigenvalue weighted by molar-refractivity contribution is -0.00967. The number of ether oxygens (including phenoxy) is 1. The molecule has 2 atom stereocenters. The first-order valence-electron chi connectivity index (χ1n) is 4.83. The maximum Gasteiger partial charge on any atom is 0.124 e. The van der Waals surface area contributed by atoms with Gasteiger partial charge in [-0.05, 0) is 12.8 Å². The van der Waals surface area contributed by atoms with Crippen molar-refractivity contribution in [3.8, 4) is 0 Å². The van der Waals surface area contributed by atoms with E-state index in [9.17, 15) is 5.11 Å². The molecule has 14 heavy (non-hydrogen) atoms. The zero-order valence-electron chi connectivity index (χ0n) is 7.94.